The fourth-order valence-electron chi connectivity index (χ4n) is 3.27. The largest absolute Gasteiger partial charge is 0.491 e. The Hall–Kier alpha value is -1.65. The molecule has 7 nitrogen and oxygen atoms in total. The highest BCUT2D eigenvalue weighted by Gasteiger charge is 2.30. The minimum absolute atomic E-state index is 0.00188. The highest BCUT2D eigenvalue weighted by atomic mass is 35.5. The van der Waals surface area contributed by atoms with E-state index >= 15 is 0 Å². The van der Waals surface area contributed by atoms with E-state index in [0.717, 1.165) is 6.26 Å². The van der Waals surface area contributed by atoms with Crippen molar-refractivity contribution in [2.75, 3.05) is 45.6 Å². The van der Waals surface area contributed by atoms with Crippen LogP contribution in [0.15, 0.2) is 52.3 Å². The van der Waals surface area contributed by atoms with Crippen LogP contribution in [-0.2, 0) is 19.9 Å². The summed E-state index contributed by atoms with van der Waals surface area (Å²) < 4.78 is 57.0. The van der Waals surface area contributed by atoms with Gasteiger partial charge in [0.2, 0.25) is 10.0 Å². The van der Waals surface area contributed by atoms with Crippen molar-refractivity contribution in [1.82, 2.24) is 9.21 Å². The van der Waals surface area contributed by atoms with Crippen LogP contribution in [0.3, 0.4) is 0 Å². The summed E-state index contributed by atoms with van der Waals surface area (Å²) in [4.78, 5) is 2.17. The minimum Gasteiger partial charge on any atom is -0.491 e. The maximum atomic E-state index is 13.1. The third-order valence-corrected chi connectivity index (χ3v) is 8.50. The maximum absolute atomic E-state index is 13.1. The van der Waals surface area contributed by atoms with Crippen LogP contribution in [0, 0.1) is 6.92 Å². The number of hydrogen-bond acceptors (Lipinski definition) is 6. The molecule has 2 aromatic rings. The zero-order valence-electron chi connectivity index (χ0n) is 16.9. The Morgan fingerprint density at radius 2 is 1.67 bits per heavy atom. The highest BCUT2D eigenvalue weighted by Crippen LogP contribution is 2.25. The Labute approximate surface area is 183 Å². The number of benzene rings is 2. The summed E-state index contributed by atoms with van der Waals surface area (Å²) in [7, 11) is -7.27. The van der Waals surface area contributed by atoms with Crippen molar-refractivity contribution in [2.24, 2.45) is 0 Å². The van der Waals surface area contributed by atoms with Crippen molar-refractivity contribution in [3.63, 3.8) is 0 Å². The molecule has 1 aliphatic rings. The van der Waals surface area contributed by atoms with Crippen molar-refractivity contribution in [2.45, 2.75) is 16.7 Å². The van der Waals surface area contributed by atoms with Crippen molar-refractivity contribution in [1.29, 1.82) is 0 Å². The molecule has 0 N–H and O–H groups in total. The van der Waals surface area contributed by atoms with Gasteiger partial charge in [0, 0.05) is 39.0 Å². The zero-order chi connectivity index (χ0) is 21.9. The molecular formula is C20H25ClN2O5S2. The summed E-state index contributed by atoms with van der Waals surface area (Å²) in [5.74, 6) is 0.626. The molecule has 0 saturated carbocycles. The van der Waals surface area contributed by atoms with Crippen LogP contribution in [0.5, 0.6) is 5.75 Å². The molecule has 0 amide bonds. The molecule has 0 bridgehead atoms. The molecule has 0 aromatic heterocycles. The van der Waals surface area contributed by atoms with Gasteiger partial charge in [-0.25, -0.2) is 16.8 Å². The molecule has 0 radical (unpaired) electrons. The third kappa shape index (κ3) is 5.33. The Kier molecular flexibility index (Phi) is 7.09. The lowest BCUT2D eigenvalue weighted by atomic mass is 10.2. The first-order valence-electron chi connectivity index (χ1n) is 9.49. The van der Waals surface area contributed by atoms with E-state index in [9.17, 15) is 16.8 Å². The number of aryl methyl sites for hydroxylation is 1. The second-order valence-corrected chi connectivity index (χ2v) is 11.6. The number of hydrogen-bond donors (Lipinski definition) is 0. The molecule has 164 valence electrons. The fourth-order valence-corrected chi connectivity index (χ4v) is 5.85. The van der Waals surface area contributed by atoms with Gasteiger partial charge in [0.1, 0.15) is 12.4 Å². The number of sulfone groups is 1. The van der Waals surface area contributed by atoms with E-state index in [-0.39, 0.29) is 9.79 Å². The van der Waals surface area contributed by atoms with E-state index in [2.05, 4.69) is 4.90 Å². The van der Waals surface area contributed by atoms with Gasteiger partial charge in [-0.2, -0.15) is 4.31 Å². The van der Waals surface area contributed by atoms with Gasteiger partial charge in [-0.1, -0.05) is 29.8 Å². The summed E-state index contributed by atoms with van der Waals surface area (Å²) in [6.45, 7) is 4.56. The summed E-state index contributed by atoms with van der Waals surface area (Å²) in [5.41, 5.74) is 0.526. The van der Waals surface area contributed by atoms with E-state index in [1.54, 1.807) is 19.1 Å². The summed E-state index contributed by atoms with van der Waals surface area (Å²) in [5, 5.41) is 0.556. The fraction of sp³-hybridized carbons (Fsp3) is 0.400. The number of ether oxygens (including phenoxy) is 1. The molecule has 1 fully saturated rings. The van der Waals surface area contributed by atoms with Crippen LogP contribution >= 0.6 is 11.6 Å². The zero-order valence-corrected chi connectivity index (χ0v) is 19.3. The molecule has 1 aliphatic heterocycles. The van der Waals surface area contributed by atoms with Gasteiger partial charge in [0.25, 0.3) is 0 Å². The second kappa shape index (κ2) is 9.23. The molecular weight excluding hydrogens is 448 g/mol. The minimum atomic E-state index is -3.77. The lowest BCUT2D eigenvalue weighted by molar-refractivity contribution is 0.159. The normalized spacial score (nSPS) is 16.5. The van der Waals surface area contributed by atoms with E-state index in [0.29, 0.717) is 55.7 Å². The molecule has 0 unspecified atom stereocenters. The lowest BCUT2D eigenvalue weighted by Gasteiger charge is -2.34. The van der Waals surface area contributed by atoms with Gasteiger partial charge < -0.3 is 4.74 Å². The molecule has 2 aromatic carbocycles. The SMILES string of the molecule is Cc1ccc(S(C)(=O)=O)cc1S(=O)(=O)N1CCN(CCOc2ccccc2Cl)CC1. The molecule has 0 aliphatic carbocycles. The van der Waals surface area contributed by atoms with Crippen molar-refractivity contribution >= 4 is 31.5 Å². The van der Waals surface area contributed by atoms with Crippen LogP contribution in [0.25, 0.3) is 0 Å². The maximum Gasteiger partial charge on any atom is 0.243 e. The molecule has 1 heterocycles. The number of sulfonamides is 1. The average Bonchev–Trinajstić information content (AvgIpc) is 2.69. The average molecular weight is 473 g/mol. The van der Waals surface area contributed by atoms with Gasteiger partial charge in [0.15, 0.2) is 9.84 Å². The van der Waals surface area contributed by atoms with Crippen LogP contribution in [-0.4, -0.2) is 71.6 Å². The first kappa shape index (κ1) is 23.0. The van der Waals surface area contributed by atoms with E-state index in [1.165, 1.54) is 22.5 Å². The van der Waals surface area contributed by atoms with Crippen molar-refractivity contribution < 1.29 is 21.6 Å². The van der Waals surface area contributed by atoms with Gasteiger partial charge >= 0.3 is 0 Å². The molecule has 30 heavy (non-hydrogen) atoms. The Morgan fingerprint density at radius 1 is 1.00 bits per heavy atom. The standard InChI is InChI=1S/C20H25ClN2O5S2/c1-16-7-8-17(29(2,24)25)15-20(16)30(26,27)23-11-9-22(10-12-23)13-14-28-19-6-4-3-5-18(19)21/h3-8,15H,9-14H2,1-2H3. The van der Waals surface area contributed by atoms with E-state index < -0.39 is 19.9 Å². The summed E-state index contributed by atoms with van der Waals surface area (Å²) in [6, 6.07) is 11.5. The molecule has 0 atom stereocenters. The number of nitrogens with zero attached hydrogens (tertiary/aromatic N) is 2. The Morgan fingerprint density at radius 3 is 2.30 bits per heavy atom. The van der Waals surface area contributed by atoms with E-state index in [4.69, 9.17) is 16.3 Å². The lowest BCUT2D eigenvalue weighted by Crippen LogP contribution is -2.49. The monoisotopic (exact) mass is 472 g/mol. The molecule has 1 saturated heterocycles. The number of halogens is 1. The topological polar surface area (TPSA) is 84.0 Å². The van der Waals surface area contributed by atoms with Crippen LogP contribution in [0.4, 0.5) is 0 Å². The van der Waals surface area contributed by atoms with Crippen molar-refractivity contribution in [3.8, 4) is 5.75 Å². The van der Waals surface area contributed by atoms with Crippen molar-refractivity contribution in [3.05, 3.63) is 53.1 Å². The smallest absolute Gasteiger partial charge is 0.243 e. The third-order valence-electron chi connectivity index (χ3n) is 5.04. The Balaban J connectivity index is 1.61. The van der Waals surface area contributed by atoms with Gasteiger partial charge in [0.05, 0.1) is 14.8 Å². The van der Waals surface area contributed by atoms with Crippen LogP contribution in [0.1, 0.15) is 5.56 Å². The number of rotatable bonds is 7. The quantitative estimate of drug-likeness (QED) is 0.615. The predicted octanol–water partition coefficient (Wildman–Crippen LogP) is 2.44. The second-order valence-electron chi connectivity index (χ2n) is 7.22. The first-order valence-corrected chi connectivity index (χ1v) is 13.2. The summed E-state index contributed by atoms with van der Waals surface area (Å²) in [6.07, 6.45) is 1.07. The molecule has 10 heteroatoms. The van der Waals surface area contributed by atoms with Crippen LogP contribution in [0.2, 0.25) is 5.02 Å². The Bertz CT molecular complexity index is 1110. The number of para-hydroxylation sites is 1. The van der Waals surface area contributed by atoms with Gasteiger partial charge in [-0.05, 0) is 36.8 Å². The summed E-state index contributed by atoms with van der Waals surface area (Å²) >= 11 is 6.08. The predicted molar refractivity (Wildman–Crippen MR) is 116 cm³/mol. The van der Waals surface area contributed by atoms with E-state index in [1.807, 2.05) is 12.1 Å². The first-order chi connectivity index (χ1) is 14.1. The highest BCUT2D eigenvalue weighted by molar-refractivity contribution is 7.91. The number of piperazine rings is 1. The molecule has 0 spiro atoms. The van der Waals surface area contributed by atoms with Crippen LogP contribution < -0.4 is 4.74 Å². The molecule has 3 rings (SSSR count). The van der Waals surface area contributed by atoms with Gasteiger partial charge in [-0.15, -0.1) is 0 Å². The van der Waals surface area contributed by atoms with Gasteiger partial charge in [-0.3, -0.25) is 4.90 Å².